The molecule has 0 fully saturated rings. The van der Waals surface area contributed by atoms with Gasteiger partial charge in [0.25, 0.3) is 0 Å². The molecule has 5 heteroatoms. The number of hydrogen-bond donors (Lipinski definition) is 1. The normalized spacial score (nSPS) is 12.6. The smallest absolute Gasteiger partial charge is 0.232 e. The van der Waals surface area contributed by atoms with E-state index in [2.05, 4.69) is 66.3 Å². The zero-order valence-electron chi connectivity index (χ0n) is 18.7. The molecule has 2 aromatic carbocycles. The highest BCUT2D eigenvalue weighted by Gasteiger charge is 2.20. The van der Waals surface area contributed by atoms with Gasteiger partial charge in [0.15, 0.2) is 0 Å². The van der Waals surface area contributed by atoms with Crippen LogP contribution in [0.2, 0.25) is 0 Å². The molecule has 0 bridgehead atoms. The van der Waals surface area contributed by atoms with Gasteiger partial charge in [-0.05, 0) is 49.7 Å². The molecule has 0 saturated carbocycles. The van der Waals surface area contributed by atoms with Gasteiger partial charge in [-0.1, -0.05) is 62.7 Å². The Bertz CT molecular complexity index is 1020. The van der Waals surface area contributed by atoms with Crippen LogP contribution < -0.4 is 5.32 Å². The maximum atomic E-state index is 9.50. The first-order chi connectivity index (χ1) is 14.2. The summed E-state index contributed by atoms with van der Waals surface area (Å²) in [6.07, 6.45) is 0. The summed E-state index contributed by atoms with van der Waals surface area (Å²) in [6, 6.07) is 18.9. The molecule has 0 spiro atoms. The van der Waals surface area contributed by atoms with Gasteiger partial charge in [0.1, 0.15) is 6.07 Å². The Morgan fingerprint density at radius 3 is 2.23 bits per heavy atom. The lowest BCUT2D eigenvalue weighted by Gasteiger charge is -2.26. The molecule has 1 aromatic heterocycles. The fourth-order valence-electron chi connectivity index (χ4n) is 3.33. The van der Waals surface area contributed by atoms with Gasteiger partial charge >= 0.3 is 0 Å². The number of benzene rings is 2. The third-order valence-corrected chi connectivity index (χ3v) is 5.27. The van der Waals surface area contributed by atoms with Gasteiger partial charge < -0.3 is 14.6 Å². The number of hydrogen-bond acceptors (Lipinski definition) is 5. The van der Waals surface area contributed by atoms with E-state index in [1.54, 1.807) is 0 Å². The number of nitriles is 1. The number of anilines is 1. The summed E-state index contributed by atoms with van der Waals surface area (Å²) in [5.74, 6) is 0.858. The minimum absolute atomic E-state index is 0.123. The number of nitrogens with zero attached hydrogens (tertiary/aromatic N) is 3. The summed E-state index contributed by atoms with van der Waals surface area (Å²) < 4.78 is 5.90. The summed E-state index contributed by atoms with van der Waals surface area (Å²) in [6.45, 7) is 9.27. The van der Waals surface area contributed by atoms with Gasteiger partial charge in [-0.3, -0.25) is 0 Å². The molecule has 3 rings (SSSR count). The number of likely N-dealkylation sites (N-methyl/N-ethyl adjacent to an activating group) is 1. The van der Waals surface area contributed by atoms with Crippen LogP contribution in [-0.4, -0.2) is 30.5 Å². The van der Waals surface area contributed by atoms with E-state index in [1.165, 1.54) is 11.1 Å². The second-order valence-corrected chi connectivity index (χ2v) is 8.91. The van der Waals surface area contributed by atoms with E-state index < -0.39 is 0 Å². The predicted molar refractivity (Wildman–Crippen MR) is 121 cm³/mol. The molecule has 5 nitrogen and oxygen atoms in total. The highest BCUT2D eigenvalue weighted by Crippen LogP contribution is 2.28. The molecule has 3 aromatic rings. The Hall–Kier alpha value is -3.10. The SMILES string of the molecule is Cc1ccc(-c2nc(C#N)c(NC[C@H](c3ccc(C(C)(C)C)cc3)N(C)C)o2)cc1. The fourth-order valence-corrected chi connectivity index (χ4v) is 3.33. The van der Waals surface area contributed by atoms with Crippen LogP contribution in [0.1, 0.15) is 49.2 Å². The van der Waals surface area contributed by atoms with Gasteiger partial charge in [0.2, 0.25) is 17.5 Å². The number of oxazole rings is 1. The highest BCUT2D eigenvalue weighted by molar-refractivity contribution is 5.59. The first kappa shape index (κ1) is 21.6. The van der Waals surface area contributed by atoms with Crippen molar-refractivity contribution in [3.8, 4) is 17.5 Å². The lowest BCUT2D eigenvalue weighted by Crippen LogP contribution is -2.27. The second kappa shape index (κ2) is 8.73. The van der Waals surface area contributed by atoms with Crippen molar-refractivity contribution in [1.82, 2.24) is 9.88 Å². The van der Waals surface area contributed by atoms with Crippen molar-refractivity contribution in [3.63, 3.8) is 0 Å². The van der Waals surface area contributed by atoms with Gasteiger partial charge in [-0.15, -0.1) is 0 Å². The Balaban J connectivity index is 1.79. The van der Waals surface area contributed by atoms with Crippen LogP contribution >= 0.6 is 0 Å². The van der Waals surface area contributed by atoms with Crippen molar-refractivity contribution in [2.24, 2.45) is 0 Å². The molecule has 0 aliphatic rings. The standard InChI is InChI=1S/C25H30N4O/c1-17-7-9-19(10-8-17)23-28-21(15-26)24(30-23)27-16-22(29(5)6)18-11-13-20(14-12-18)25(2,3)4/h7-14,22,27H,16H2,1-6H3/t22-/m1/s1. The maximum Gasteiger partial charge on any atom is 0.232 e. The van der Waals surface area contributed by atoms with Crippen LogP contribution in [0.3, 0.4) is 0 Å². The van der Waals surface area contributed by atoms with E-state index in [4.69, 9.17) is 4.42 Å². The number of rotatable bonds is 6. The third-order valence-electron chi connectivity index (χ3n) is 5.27. The summed E-state index contributed by atoms with van der Waals surface area (Å²) in [4.78, 5) is 6.51. The Morgan fingerprint density at radius 1 is 1.07 bits per heavy atom. The molecule has 0 aliphatic carbocycles. The molecular formula is C25H30N4O. The van der Waals surface area contributed by atoms with Gasteiger partial charge in [-0.25, -0.2) is 0 Å². The predicted octanol–water partition coefficient (Wildman–Crippen LogP) is 5.53. The Morgan fingerprint density at radius 2 is 1.70 bits per heavy atom. The first-order valence-corrected chi connectivity index (χ1v) is 10.2. The summed E-state index contributed by atoms with van der Waals surface area (Å²) >= 11 is 0. The van der Waals surface area contributed by atoms with Crippen molar-refractivity contribution < 1.29 is 4.42 Å². The second-order valence-electron chi connectivity index (χ2n) is 8.91. The maximum absolute atomic E-state index is 9.50. The van der Waals surface area contributed by atoms with Crippen molar-refractivity contribution in [2.45, 2.75) is 39.2 Å². The fraction of sp³-hybridized carbons (Fsp3) is 0.360. The van der Waals surface area contributed by atoms with Crippen LogP contribution in [0.15, 0.2) is 52.9 Å². The Kier molecular flexibility index (Phi) is 6.28. The van der Waals surface area contributed by atoms with Gasteiger partial charge in [-0.2, -0.15) is 10.2 Å². The molecule has 1 heterocycles. The molecule has 0 saturated heterocycles. The average molecular weight is 403 g/mol. The molecule has 0 unspecified atom stereocenters. The van der Waals surface area contributed by atoms with E-state index in [0.29, 0.717) is 18.3 Å². The zero-order chi connectivity index (χ0) is 21.9. The minimum atomic E-state index is 0.123. The highest BCUT2D eigenvalue weighted by atomic mass is 16.4. The monoisotopic (exact) mass is 402 g/mol. The molecule has 0 amide bonds. The largest absolute Gasteiger partial charge is 0.419 e. The third kappa shape index (κ3) is 4.90. The van der Waals surface area contributed by atoms with E-state index in [-0.39, 0.29) is 17.2 Å². The van der Waals surface area contributed by atoms with Gasteiger partial charge in [0.05, 0.1) is 6.04 Å². The molecule has 0 aliphatic heterocycles. The minimum Gasteiger partial charge on any atom is -0.419 e. The van der Waals surface area contributed by atoms with Crippen LogP contribution in [0.4, 0.5) is 5.88 Å². The number of aryl methyl sites for hydroxylation is 1. The summed E-state index contributed by atoms with van der Waals surface area (Å²) in [7, 11) is 4.10. The summed E-state index contributed by atoms with van der Waals surface area (Å²) in [5.41, 5.74) is 4.92. The zero-order valence-corrected chi connectivity index (χ0v) is 18.7. The van der Waals surface area contributed by atoms with E-state index in [1.807, 2.05) is 45.3 Å². The molecular weight excluding hydrogens is 372 g/mol. The van der Waals surface area contributed by atoms with E-state index >= 15 is 0 Å². The Labute approximate surface area is 179 Å². The van der Waals surface area contributed by atoms with Crippen LogP contribution in [-0.2, 0) is 5.41 Å². The number of nitrogens with one attached hydrogen (secondary N) is 1. The number of aromatic nitrogens is 1. The lowest BCUT2D eigenvalue weighted by atomic mass is 9.86. The first-order valence-electron chi connectivity index (χ1n) is 10.2. The molecule has 0 radical (unpaired) electrons. The van der Waals surface area contributed by atoms with Crippen molar-refractivity contribution in [1.29, 1.82) is 5.26 Å². The van der Waals surface area contributed by atoms with E-state index in [9.17, 15) is 5.26 Å². The van der Waals surface area contributed by atoms with Crippen molar-refractivity contribution in [3.05, 3.63) is 70.9 Å². The summed E-state index contributed by atoms with van der Waals surface area (Å²) in [5, 5.41) is 12.8. The molecule has 30 heavy (non-hydrogen) atoms. The lowest BCUT2D eigenvalue weighted by molar-refractivity contribution is 0.310. The molecule has 1 atom stereocenters. The van der Waals surface area contributed by atoms with E-state index in [0.717, 1.165) is 11.1 Å². The topological polar surface area (TPSA) is 65.1 Å². The van der Waals surface area contributed by atoms with Crippen LogP contribution in [0.25, 0.3) is 11.5 Å². The van der Waals surface area contributed by atoms with Crippen LogP contribution in [0, 0.1) is 18.3 Å². The van der Waals surface area contributed by atoms with Crippen molar-refractivity contribution >= 4 is 5.88 Å². The van der Waals surface area contributed by atoms with Gasteiger partial charge in [0, 0.05) is 12.1 Å². The molecule has 156 valence electrons. The van der Waals surface area contributed by atoms with Crippen molar-refractivity contribution in [2.75, 3.05) is 26.0 Å². The van der Waals surface area contributed by atoms with Crippen LogP contribution in [0.5, 0.6) is 0 Å². The molecule has 1 N–H and O–H groups in total. The average Bonchev–Trinajstić information content (AvgIpc) is 3.11. The quantitative estimate of drug-likeness (QED) is 0.587.